The summed E-state index contributed by atoms with van der Waals surface area (Å²) in [5.41, 5.74) is 3.59. The zero-order valence-electron chi connectivity index (χ0n) is 26.0. The fourth-order valence-corrected chi connectivity index (χ4v) is 4.90. The fourth-order valence-electron chi connectivity index (χ4n) is 4.90. The summed E-state index contributed by atoms with van der Waals surface area (Å²) in [4.78, 5) is 52.6. The normalized spacial score (nSPS) is 17.2. The third-order valence-electron chi connectivity index (χ3n) is 7.10. The van der Waals surface area contributed by atoms with Crippen molar-refractivity contribution in [2.24, 2.45) is 11.3 Å². The zero-order chi connectivity index (χ0) is 32.4. The first-order chi connectivity index (χ1) is 20.8. The quantitative estimate of drug-likeness (QED) is 0.202. The minimum absolute atomic E-state index is 0.0349. The average molecular weight is 612 g/mol. The molecule has 12 nitrogen and oxygen atoms in total. The molecule has 3 rings (SSSR count). The summed E-state index contributed by atoms with van der Waals surface area (Å²) < 4.78 is 5.36. The molecule has 1 aliphatic heterocycles. The lowest BCUT2D eigenvalue weighted by molar-refractivity contribution is -0.135. The van der Waals surface area contributed by atoms with Gasteiger partial charge in [0.15, 0.2) is 0 Å². The first-order valence-corrected chi connectivity index (χ1v) is 14.8. The number of nitrogens with one attached hydrogen (secondary N) is 3. The highest BCUT2D eigenvalue weighted by Crippen LogP contribution is 2.22. The van der Waals surface area contributed by atoms with Crippen LogP contribution in [0.25, 0.3) is 0 Å². The maximum absolute atomic E-state index is 13.5. The Bertz CT molecular complexity index is 1250. The Morgan fingerprint density at radius 1 is 1.00 bits per heavy atom. The summed E-state index contributed by atoms with van der Waals surface area (Å²) in [5.74, 6) is -1.65. The number of cyclic esters (lactones) is 1. The molecule has 4 atom stereocenters. The van der Waals surface area contributed by atoms with E-state index in [-0.39, 0.29) is 25.4 Å². The Morgan fingerprint density at radius 2 is 1.61 bits per heavy atom. The number of amides is 4. The van der Waals surface area contributed by atoms with Crippen LogP contribution in [-0.2, 0) is 25.5 Å². The number of anilines is 1. The van der Waals surface area contributed by atoms with Crippen LogP contribution < -0.4 is 21.0 Å². The van der Waals surface area contributed by atoms with Gasteiger partial charge >= 0.3 is 6.09 Å². The number of nitrogens with zero attached hydrogens (tertiary/aromatic N) is 2. The molecule has 0 spiro atoms. The van der Waals surface area contributed by atoms with Crippen molar-refractivity contribution in [3.63, 3.8) is 0 Å². The Morgan fingerprint density at radius 3 is 2.18 bits per heavy atom. The first kappa shape index (κ1) is 34.5. The molecular formula is C32H45N5O7. The minimum atomic E-state index is -1.15. The number of carbonyl (C=O) groups is 4. The number of benzene rings is 2. The highest BCUT2D eigenvalue weighted by atomic mass is 16.6. The van der Waals surface area contributed by atoms with Crippen LogP contribution in [0.2, 0.25) is 0 Å². The van der Waals surface area contributed by atoms with Crippen molar-refractivity contribution in [3.8, 4) is 0 Å². The van der Waals surface area contributed by atoms with Crippen LogP contribution in [0.5, 0.6) is 0 Å². The number of aliphatic hydroxyl groups is 2. The largest absolute Gasteiger partial charge is 0.434 e. The van der Waals surface area contributed by atoms with Gasteiger partial charge in [-0.15, -0.1) is 0 Å². The summed E-state index contributed by atoms with van der Waals surface area (Å²) in [6.45, 7) is 8.86. The van der Waals surface area contributed by atoms with Gasteiger partial charge in [-0.25, -0.2) is 9.80 Å². The van der Waals surface area contributed by atoms with E-state index >= 15 is 0 Å². The summed E-state index contributed by atoms with van der Waals surface area (Å²) in [6, 6.07) is 16.4. The number of carbonyl (C=O) groups excluding carboxylic acids is 4. The van der Waals surface area contributed by atoms with Crippen LogP contribution in [0, 0.1) is 11.3 Å². The van der Waals surface area contributed by atoms with E-state index < -0.39 is 60.1 Å². The second kappa shape index (κ2) is 15.6. The van der Waals surface area contributed by atoms with E-state index in [9.17, 15) is 29.4 Å². The fraction of sp³-hybridized carbons (Fsp3) is 0.500. The lowest BCUT2D eigenvalue weighted by atomic mass is 9.85. The number of rotatable bonds is 14. The van der Waals surface area contributed by atoms with E-state index in [1.807, 2.05) is 50.2 Å². The molecule has 0 radical (unpaired) electrons. The van der Waals surface area contributed by atoms with Crippen molar-refractivity contribution >= 4 is 29.5 Å². The van der Waals surface area contributed by atoms with Gasteiger partial charge in [0.05, 0.1) is 18.7 Å². The van der Waals surface area contributed by atoms with Crippen molar-refractivity contribution in [3.05, 3.63) is 66.2 Å². The van der Waals surface area contributed by atoms with Gasteiger partial charge in [-0.2, -0.15) is 0 Å². The van der Waals surface area contributed by atoms with Gasteiger partial charge in [0, 0.05) is 18.8 Å². The van der Waals surface area contributed by atoms with E-state index in [0.717, 1.165) is 5.56 Å². The Labute approximate surface area is 258 Å². The standard InChI is InChI=1S/C32H45N5O7/c1-21(2)17-36(35-29(41)26-19-37(31(43)44-26)23-14-10-7-11-15-23)18-25(39)24(16-22-12-8-6-9-13-22)33-30(42)28(32(3,4)5)34-27(40)20-38/h6-15,21,24-26,28,38-39H,16-20H2,1-5H3,(H,33,42)(H,34,40)(H,35,41)/t24-,25-,26+,28+/m0/s1. The summed E-state index contributed by atoms with van der Waals surface area (Å²) in [7, 11) is 0. The van der Waals surface area contributed by atoms with Crippen molar-refractivity contribution in [2.75, 3.05) is 31.1 Å². The van der Waals surface area contributed by atoms with Gasteiger partial charge in [-0.3, -0.25) is 24.7 Å². The molecule has 1 saturated heterocycles. The van der Waals surface area contributed by atoms with Crippen LogP contribution in [-0.4, -0.2) is 89.6 Å². The molecule has 5 N–H and O–H groups in total. The molecule has 0 bridgehead atoms. The molecule has 4 amide bonds. The average Bonchev–Trinajstić information content (AvgIpc) is 3.37. The van der Waals surface area contributed by atoms with Crippen LogP contribution in [0.1, 0.15) is 40.2 Å². The molecule has 1 fully saturated rings. The van der Waals surface area contributed by atoms with Crippen molar-refractivity contribution in [1.29, 1.82) is 0 Å². The number of hydrogen-bond acceptors (Lipinski definition) is 8. The Kier molecular flexibility index (Phi) is 12.3. The predicted octanol–water partition coefficient (Wildman–Crippen LogP) is 1.61. The lowest BCUT2D eigenvalue weighted by Gasteiger charge is -2.35. The molecule has 0 saturated carbocycles. The first-order valence-electron chi connectivity index (χ1n) is 14.8. The number of aliphatic hydroxyl groups excluding tert-OH is 2. The summed E-state index contributed by atoms with van der Waals surface area (Å²) >= 11 is 0. The van der Waals surface area contributed by atoms with Crippen LogP contribution in [0.3, 0.4) is 0 Å². The van der Waals surface area contributed by atoms with Crippen LogP contribution >= 0.6 is 0 Å². The van der Waals surface area contributed by atoms with Crippen molar-refractivity contribution < 1.29 is 34.1 Å². The third-order valence-corrected chi connectivity index (χ3v) is 7.10. The maximum atomic E-state index is 13.5. The molecule has 2 aromatic rings. The Hall–Kier alpha value is -4.00. The predicted molar refractivity (Wildman–Crippen MR) is 165 cm³/mol. The van der Waals surface area contributed by atoms with Gasteiger partial charge < -0.3 is 25.6 Å². The van der Waals surface area contributed by atoms with Gasteiger partial charge in [0.2, 0.25) is 17.9 Å². The molecule has 1 aliphatic rings. The second-order valence-corrected chi connectivity index (χ2v) is 12.5. The topological polar surface area (TPSA) is 161 Å². The van der Waals surface area contributed by atoms with Crippen LogP contribution in [0.4, 0.5) is 10.5 Å². The lowest BCUT2D eigenvalue weighted by Crippen LogP contribution is -2.60. The smallest absolute Gasteiger partial charge is 0.415 e. The number of ether oxygens (including phenoxy) is 1. The van der Waals surface area contributed by atoms with Gasteiger partial charge in [-0.05, 0) is 35.4 Å². The molecular weight excluding hydrogens is 566 g/mol. The second-order valence-electron chi connectivity index (χ2n) is 12.5. The van der Waals surface area contributed by atoms with E-state index in [0.29, 0.717) is 12.2 Å². The maximum Gasteiger partial charge on any atom is 0.415 e. The molecule has 0 unspecified atom stereocenters. The number of hydrogen-bond donors (Lipinski definition) is 5. The molecule has 0 aliphatic carbocycles. The Balaban J connectivity index is 1.76. The van der Waals surface area contributed by atoms with E-state index in [1.165, 1.54) is 4.90 Å². The molecule has 2 aromatic carbocycles. The monoisotopic (exact) mass is 611 g/mol. The van der Waals surface area contributed by atoms with Gasteiger partial charge in [0.1, 0.15) is 12.6 Å². The van der Waals surface area contributed by atoms with Gasteiger partial charge in [0.25, 0.3) is 5.91 Å². The third kappa shape index (κ3) is 10.0. The molecule has 12 heteroatoms. The van der Waals surface area contributed by atoms with Gasteiger partial charge in [-0.1, -0.05) is 83.1 Å². The highest BCUT2D eigenvalue weighted by Gasteiger charge is 2.39. The molecule has 0 aromatic heterocycles. The summed E-state index contributed by atoms with van der Waals surface area (Å²) in [5, 5.41) is 27.8. The van der Waals surface area contributed by atoms with E-state index in [1.54, 1.807) is 50.0 Å². The summed E-state index contributed by atoms with van der Waals surface area (Å²) in [6.07, 6.45) is -2.57. The van der Waals surface area contributed by atoms with Crippen molar-refractivity contribution in [2.45, 2.75) is 65.3 Å². The zero-order valence-corrected chi connectivity index (χ0v) is 26.0. The number of para-hydroxylation sites is 1. The van der Waals surface area contributed by atoms with Crippen LogP contribution in [0.15, 0.2) is 60.7 Å². The number of hydrazine groups is 1. The minimum Gasteiger partial charge on any atom is -0.434 e. The highest BCUT2D eigenvalue weighted by molar-refractivity contribution is 5.95. The van der Waals surface area contributed by atoms with Crippen molar-refractivity contribution in [1.82, 2.24) is 21.1 Å². The SMILES string of the molecule is CC(C)CN(C[C@H](O)[C@H](Cc1ccccc1)NC(=O)[C@@H](NC(=O)CO)C(C)(C)C)NC(=O)[C@H]1CN(c2ccccc2)C(=O)O1. The molecule has 1 heterocycles. The van der Waals surface area contributed by atoms with E-state index in [4.69, 9.17) is 4.74 Å². The molecule has 44 heavy (non-hydrogen) atoms. The van der Waals surface area contributed by atoms with E-state index in [2.05, 4.69) is 16.1 Å². The molecule has 240 valence electrons.